The van der Waals surface area contributed by atoms with Crippen molar-refractivity contribution in [3.63, 3.8) is 0 Å². The van der Waals surface area contributed by atoms with Crippen LogP contribution < -0.4 is 4.90 Å². The molecule has 1 heterocycles. The molecule has 0 N–H and O–H groups in total. The quantitative estimate of drug-likeness (QED) is 0.419. The number of amides is 1. The van der Waals surface area contributed by atoms with Crippen LogP contribution in [0.3, 0.4) is 0 Å². The fourth-order valence-corrected chi connectivity index (χ4v) is 5.43. The third-order valence-electron chi connectivity index (χ3n) is 4.89. The zero-order valence-corrected chi connectivity index (χ0v) is 21.0. The van der Waals surface area contributed by atoms with E-state index >= 15 is 0 Å². The maximum Gasteiger partial charge on any atom is 0.229 e. The first-order valence-corrected chi connectivity index (χ1v) is 12.5. The number of aromatic nitrogens is 1. The SMILES string of the molecule is Cc1ccc(S(=O)(=O)CCC(=O)N(CCCN(C)C)c2nc3c(F)cc(F)cc3s2)cc1.Cl. The number of carbonyl (C=O) groups is 1. The highest BCUT2D eigenvalue weighted by Crippen LogP contribution is 2.31. The van der Waals surface area contributed by atoms with E-state index in [0.717, 1.165) is 23.0 Å². The van der Waals surface area contributed by atoms with Gasteiger partial charge < -0.3 is 4.90 Å². The zero-order valence-electron chi connectivity index (χ0n) is 18.5. The van der Waals surface area contributed by atoms with Gasteiger partial charge in [0.1, 0.15) is 11.3 Å². The van der Waals surface area contributed by atoms with Gasteiger partial charge in [0.15, 0.2) is 20.8 Å². The Morgan fingerprint density at radius 2 is 1.76 bits per heavy atom. The Bertz CT molecular complexity index is 1220. The molecule has 0 fully saturated rings. The van der Waals surface area contributed by atoms with Gasteiger partial charge in [0.25, 0.3) is 0 Å². The molecular formula is C22H26ClF2N3O3S2. The summed E-state index contributed by atoms with van der Waals surface area (Å²) in [6, 6.07) is 8.37. The standard InChI is InChI=1S/C22H25F2N3O3S2.ClH/c1-15-5-7-17(8-6-15)32(29,30)12-9-20(28)27(11-4-10-26(2)3)22-25-21-18(24)13-16(23)14-19(21)31-22;/h5-8,13-14H,4,9-12H2,1-3H3;1H. The summed E-state index contributed by atoms with van der Waals surface area (Å²) in [6.07, 6.45) is 0.362. The second kappa shape index (κ2) is 11.3. The molecule has 0 saturated heterocycles. The van der Waals surface area contributed by atoms with Gasteiger partial charge in [-0.25, -0.2) is 22.2 Å². The van der Waals surface area contributed by atoms with E-state index in [-0.39, 0.29) is 51.4 Å². The van der Waals surface area contributed by atoms with Crippen LogP contribution in [-0.4, -0.2) is 57.1 Å². The number of thiazole rings is 1. The van der Waals surface area contributed by atoms with E-state index in [1.54, 1.807) is 12.1 Å². The topological polar surface area (TPSA) is 70.6 Å². The number of rotatable bonds is 9. The lowest BCUT2D eigenvalue weighted by Crippen LogP contribution is -2.34. The molecule has 180 valence electrons. The number of carbonyl (C=O) groups excluding carboxylic acids is 1. The van der Waals surface area contributed by atoms with Gasteiger partial charge in [-0.1, -0.05) is 29.0 Å². The average molecular weight is 518 g/mol. The molecule has 6 nitrogen and oxygen atoms in total. The molecule has 33 heavy (non-hydrogen) atoms. The molecule has 0 aliphatic carbocycles. The van der Waals surface area contributed by atoms with Crippen LogP contribution in [-0.2, 0) is 14.6 Å². The summed E-state index contributed by atoms with van der Waals surface area (Å²) in [5.74, 6) is -2.31. The summed E-state index contributed by atoms with van der Waals surface area (Å²) in [5.41, 5.74) is 0.927. The zero-order chi connectivity index (χ0) is 23.5. The Labute approximate surface area is 202 Å². The molecule has 0 spiro atoms. The van der Waals surface area contributed by atoms with Crippen LogP contribution in [0, 0.1) is 18.6 Å². The molecule has 0 unspecified atom stereocenters. The lowest BCUT2D eigenvalue weighted by molar-refractivity contribution is -0.118. The second-order valence-electron chi connectivity index (χ2n) is 7.81. The monoisotopic (exact) mass is 517 g/mol. The molecule has 0 aliphatic heterocycles. The summed E-state index contributed by atoms with van der Waals surface area (Å²) in [4.78, 5) is 20.7. The van der Waals surface area contributed by atoms with E-state index in [2.05, 4.69) is 4.98 Å². The second-order valence-corrected chi connectivity index (χ2v) is 10.9. The fraction of sp³-hybridized carbons (Fsp3) is 0.364. The molecule has 11 heteroatoms. The van der Waals surface area contributed by atoms with Crippen molar-refractivity contribution < 1.29 is 22.0 Å². The van der Waals surface area contributed by atoms with Gasteiger partial charge in [-0.3, -0.25) is 9.69 Å². The van der Waals surface area contributed by atoms with E-state index in [4.69, 9.17) is 0 Å². The molecule has 1 aromatic heterocycles. The Morgan fingerprint density at radius 3 is 2.39 bits per heavy atom. The third kappa shape index (κ3) is 6.92. The average Bonchev–Trinajstić information content (AvgIpc) is 3.13. The molecule has 2 aromatic carbocycles. The minimum absolute atomic E-state index is 0. The van der Waals surface area contributed by atoms with Gasteiger partial charge >= 0.3 is 0 Å². The largest absolute Gasteiger partial charge is 0.309 e. The van der Waals surface area contributed by atoms with E-state index in [0.29, 0.717) is 13.0 Å². The van der Waals surface area contributed by atoms with Crippen LogP contribution in [0.2, 0.25) is 0 Å². The van der Waals surface area contributed by atoms with Gasteiger partial charge in [0.2, 0.25) is 5.91 Å². The molecule has 0 atom stereocenters. The van der Waals surface area contributed by atoms with E-state index < -0.39 is 27.4 Å². The number of benzene rings is 2. The van der Waals surface area contributed by atoms with Crippen LogP contribution in [0.5, 0.6) is 0 Å². The van der Waals surface area contributed by atoms with Crippen molar-refractivity contribution in [2.75, 3.05) is 37.8 Å². The minimum atomic E-state index is -3.64. The number of sulfone groups is 1. The normalized spacial score (nSPS) is 11.6. The Hall–Kier alpha value is -2.14. The van der Waals surface area contributed by atoms with Gasteiger partial charge in [-0.15, -0.1) is 12.4 Å². The lowest BCUT2D eigenvalue weighted by atomic mass is 10.2. The van der Waals surface area contributed by atoms with Gasteiger partial charge in [-0.05, 0) is 52.2 Å². The van der Waals surface area contributed by atoms with Crippen molar-refractivity contribution in [2.24, 2.45) is 0 Å². The van der Waals surface area contributed by atoms with Crippen molar-refractivity contribution in [2.45, 2.75) is 24.7 Å². The summed E-state index contributed by atoms with van der Waals surface area (Å²) < 4.78 is 53.3. The first-order valence-electron chi connectivity index (χ1n) is 10.1. The van der Waals surface area contributed by atoms with Crippen molar-refractivity contribution in [3.05, 3.63) is 53.6 Å². The van der Waals surface area contributed by atoms with E-state index in [1.165, 1.54) is 23.1 Å². The molecular weight excluding hydrogens is 492 g/mol. The molecule has 0 bridgehead atoms. The number of halogens is 3. The first kappa shape index (κ1) is 27.1. The number of hydrogen-bond donors (Lipinski definition) is 0. The molecule has 0 aliphatic rings. The van der Waals surface area contributed by atoms with Crippen molar-refractivity contribution in [1.29, 1.82) is 0 Å². The fourth-order valence-electron chi connectivity index (χ4n) is 3.15. The summed E-state index contributed by atoms with van der Waals surface area (Å²) in [7, 11) is 0.157. The van der Waals surface area contributed by atoms with Gasteiger partial charge in [0.05, 0.1) is 15.3 Å². The van der Waals surface area contributed by atoms with Crippen molar-refractivity contribution >= 4 is 54.8 Å². The maximum atomic E-state index is 14.1. The third-order valence-corrected chi connectivity index (χ3v) is 7.64. The van der Waals surface area contributed by atoms with E-state index in [1.807, 2.05) is 25.9 Å². The molecule has 1 amide bonds. The lowest BCUT2D eigenvalue weighted by Gasteiger charge is -2.21. The number of hydrogen-bond acceptors (Lipinski definition) is 6. The molecule has 3 rings (SSSR count). The van der Waals surface area contributed by atoms with Crippen molar-refractivity contribution in [3.8, 4) is 0 Å². The predicted octanol–water partition coefficient (Wildman–Crippen LogP) is 4.45. The Kier molecular flexibility index (Phi) is 9.30. The number of nitrogens with zero attached hydrogens (tertiary/aromatic N) is 3. The highest BCUT2D eigenvalue weighted by molar-refractivity contribution is 7.91. The molecule has 3 aromatic rings. The highest BCUT2D eigenvalue weighted by atomic mass is 35.5. The summed E-state index contributed by atoms with van der Waals surface area (Å²) >= 11 is 1.00. The summed E-state index contributed by atoms with van der Waals surface area (Å²) in [5, 5.41) is 0.223. The molecule has 0 saturated carbocycles. The smallest absolute Gasteiger partial charge is 0.229 e. The van der Waals surface area contributed by atoms with E-state index in [9.17, 15) is 22.0 Å². The number of anilines is 1. The van der Waals surface area contributed by atoms with Crippen LogP contribution in [0.15, 0.2) is 41.3 Å². The highest BCUT2D eigenvalue weighted by Gasteiger charge is 2.24. The predicted molar refractivity (Wildman–Crippen MR) is 130 cm³/mol. The van der Waals surface area contributed by atoms with Gasteiger partial charge in [-0.2, -0.15) is 0 Å². The molecule has 0 radical (unpaired) electrons. The number of fused-ring (bicyclic) bond motifs is 1. The van der Waals surface area contributed by atoms with Crippen LogP contribution >= 0.6 is 23.7 Å². The summed E-state index contributed by atoms with van der Waals surface area (Å²) in [6.45, 7) is 2.84. The van der Waals surface area contributed by atoms with Gasteiger partial charge in [0, 0.05) is 19.0 Å². The minimum Gasteiger partial charge on any atom is -0.309 e. The van der Waals surface area contributed by atoms with Crippen LogP contribution in [0.1, 0.15) is 18.4 Å². The maximum absolute atomic E-state index is 14.1. The Morgan fingerprint density at radius 1 is 1.09 bits per heavy atom. The first-order chi connectivity index (χ1) is 15.1. The Balaban J connectivity index is 0.00000385. The van der Waals surface area contributed by atoms with Crippen LogP contribution in [0.25, 0.3) is 10.2 Å². The van der Waals surface area contributed by atoms with Crippen molar-refractivity contribution in [1.82, 2.24) is 9.88 Å². The number of aryl methyl sites for hydroxylation is 1. The van der Waals surface area contributed by atoms with Crippen LogP contribution in [0.4, 0.5) is 13.9 Å².